The molecule has 0 spiro atoms. The highest BCUT2D eigenvalue weighted by molar-refractivity contribution is 7.92. The van der Waals surface area contributed by atoms with Gasteiger partial charge in [-0.2, -0.15) is 0 Å². The summed E-state index contributed by atoms with van der Waals surface area (Å²) in [5, 5.41) is 12.8. The van der Waals surface area contributed by atoms with Crippen molar-refractivity contribution in [2.45, 2.75) is 13.0 Å². The molecular weight excluding hydrogens is 288 g/mol. The summed E-state index contributed by atoms with van der Waals surface area (Å²) in [7, 11) is -3.34. The van der Waals surface area contributed by atoms with E-state index in [1.54, 1.807) is 36.4 Å². The van der Waals surface area contributed by atoms with Crippen LogP contribution in [0.25, 0.3) is 0 Å². The summed E-state index contributed by atoms with van der Waals surface area (Å²) in [6, 6.07) is 13.9. The normalized spacial score (nSPS) is 12.7. The molecule has 1 atom stereocenters. The third-order valence-electron chi connectivity index (χ3n) is 2.96. The first kappa shape index (κ1) is 15.2. The number of anilines is 2. The molecule has 2 rings (SSSR count). The molecule has 21 heavy (non-hydrogen) atoms. The van der Waals surface area contributed by atoms with E-state index in [4.69, 9.17) is 0 Å². The van der Waals surface area contributed by atoms with Crippen LogP contribution >= 0.6 is 0 Å². The zero-order valence-corrected chi connectivity index (χ0v) is 12.7. The lowest BCUT2D eigenvalue weighted by atomic mass is 10.1. The summed E-state index contributed by atoms with van der Waals surface area (Å²) >= 11 is 0. The minimum atomic E-state index is -3.34. The average molecular weight is 306 g/mol. The third-order valence-corrected chi connectivity index (χ3v) is 3.56. The van der Waals surface area contributed by atoms with Gasteiger partial charge in [-0.3, -0.25) is 4.72 Å². The maximum absolute atomic E-state index is 11.4. The number of phenolic OH excluding ortho intramolecular Hbond substituents is 1. The van der Waals surface area contributed by atoms with Crippen molar-refractivity contribution in [3.63, 3.8) is 0 Å². The Morgan fingerprint density at radius 2 is 1.71 bits per heavy atom. The summed E-state index contributed by atoms with van der Waals surface area (Å²) < 4.78 is 25.2. The SMILES string of the molecule is CC(Nc1ccccc1NS(C)(=O)=O)c1cccc(O)c1. The largest absolute Gasteiger partial charge is 0.508 e. The topological polar surface area (TPSA) is 78.4 Å². The summed E-state index contributed by atoms with van der Waals surface area (Å²) in [6.45, 7) is 1.94. The molecule has 6 heteroatoms. The first-order valence-corrected chi connectivity index (χ1v) is 8.36. The molecular formula is C15H18N2O3S. The number of rotatable bonds is 5. The maximum atomic E-state index is 11.4. The highest BCUT2D eigenvalue weighted by atomic mass is 32.2. The molecule has 0 radical (unpaired) electrons. The number of nitrogens with one attached hydrogen (secondary N) is 2. The average Bonchev–Trinajstić information content (AvgIpc) is 2.39. The number of para-hydroxylation sites is 2. The second-order valence-corrected chi connectivity index (χ2v) is 6.63. The van der Waals surface area contributed by atoms with Gasteiger partial charge in [0.2, 0.25) is 10.0 Å². The molecule has 3 N–H and O–H groups in total. The molecule has 0 fully saturated rings. The van der Waals surface area contributed by atoms with Gasteiger partial charge in [0.1, 0.15) is 5.75 Å². The summed E-state index contributed by atoms with van der Waals surface area (Å²) in [4.78, 5) is 0. The van der Waals surface area contributed by atoms with E-state index in [1.807, 2.05) is 19.1 Å². The lowest BCUT2D eigenvalue weighted by Gasteiger charge is -2.19. The first-order valence-electron chi connectivity index (χ1n) is 6.47. The molecule has 0 saturated heterocycles. The minimum Gasteiger partial charge on any atom is -0.508 e. The molecule has 0 aliphatic heterocycles. The van der Waals surface area contributed by atoms with E-state index in [1.165, 1.54) is 0 Å². The number of hydrogen-bond acceptors (Lipinski definition) is 4. The lowest BCUT2D eigenvalue weighted by Crippen LogP contribution is -2.13. The summed E-state index contributed by atoms with van der Waals surface area (Å²) in [6.07, 6.45) is 1.11. The van der Waals surface area contributed by atoms with E-state index in [0.717, 1.165) is 11.8 Å². The van der Waals surface area contributed by atoms with Crippen molar-refractivity contribution in [3.8, 4) is 5.75 Å². The van der Waals surface area contributed by atoms with Crippen LogP contribution in [0.1, 0.15) is 18.5 Å². The van der Waals surface area contributed by atoms with Crippen LogP contribution in [0.3, 0.4) is 0 Å². The molecule has 0 heterocycles. The highest BCUT2D eigenvalue weighted by Crippen LogP contribution is 2.27. The van der Waals surface area contributed by atoms with E-state index >= 15 is 0 Å². The van der Waals surface area contributed by atoms with E-state index in [-0.39, 0.29) is 11.8 Å². The Bertz CT molecular complexity index is 729. The molecule has 112 valence electrons. The fourth-order valence-corrected chi connectivity index (χ4v) is 2.59. The van der Waals surface area contributed by atoms with Crippen LogP contribution in [-0.2, 0) is 10.0 Å². The van der Waals surface area contributed by atoms with Crippen LogP contribution in [0.5, 0.6) is 5.75 Å². The van der Waals surface area contributed by atoms with Crippen LogP contribution in [0.2, 0.25) is 0 Å². The van der Waals surface area contributed by atoms with Gasteiger partial charge in [-0.25, -0.2) is 8.42 Å². The Morgan fingerprint density at radius 1 is 1.05 bits per heavy atom. The molecule has 1 unspecified atom stereocenters. The number of sulfonamides is 1. The summed E-state index contributed by atoms with van der Waals surface area (Å²) in [5.41, 5.74) is 2.08. The van der Waals surface area contributed by atoms with E-state index in [2.05, 4.69) is 10.0 Å². The van der Waals surface area contributed by atoms with Crippen LogP contribution in [-0.4, -0.2) is 19.8 Å². The first-order chi connectivity index (χ1) is 9.85. The van der Waals surface area contributed by atoms with Gasteiger partial charge in [0.25, 0.3) is 0 Å². The number of phenols is 1. The summed E-state index contributed by atoms with van der Waals surface area (Å²) in [5.74, 6) is 0.198. The predicted octanol–water partition coefficient (Wildman–Crippen LogP) is 2.94. The van der Waals surface area contributed by atoms with Crippen LogP contribution in [0, 0.1) is 0 Å². The Labute approximate surface area is 124 Å². The molecule has 5 nitrogen and oxygen atoms in total. The van der Waals surface area contributed by atoms with Gasteiger partial charge in [-0.05, 0) is 36.8 Å². The quantitative estimate of drug-likeness (QED) is 0.793. The molecule has 0 aromatic heterocycles. The van der Waals surface area contributed by atoms with Gasteiger partial charge in [0, 0.05) is 6.04 Å². The minimum absolute atomic E-state index is 0.0837. The molecule has 0 aliphatic rings. The molecule has 0 bridgehead atoms. The van der Waals surface area contributed by atoms with Crippen molar-refractivity contribution >= 4 is 21.4 Å². The maximum Gasteiger partial charge on any atom is 0.229 e. The predicted molar refractivity (Wildman–Crippen MR) is 85.1 cm³/mol. The van der Waals surface area contributed by atoms with Crippen molar-refractivity contribution in [3.05, 3.63) is 54.1 Å². The molecule has 0 saturated carbocycles. The zero-order chi connectivity index (χ0) is 15.5. The second-order valence-electron chi connectivity index (χ2n) is 4.88. The molecule has 0 amide bonds. The zero-order valence-electron chi connectivity index (χ0n) is 11.9. The van der Waals surface area contributed by atoms with Crippen LogP contribution in [0.15, 0.2) is 48.5 Å². The van der Waals surface area contributed by atoms with Crippen molar-refractivity contribution in [1.29, 1.82) is 0 Å². The molecule has 2 aromatic carbocycles. The Kier molecular flexibility index (Phi) is 4.37. The fraction of sp³-hybridized carbons (Fsp3) is 0.200. The van der Waals surface area contributed by atoms with Gasteiger partial charge in [0.15, 0.2) is 0 Å². The van der Waals surface area contributed by atoms with Gasteiger partial charge >= 0.3 is 0 Å². The lowest BCUT2D eigenvalue weighted by molar-refractivity contribution is 0.474. The second kappa shape index (κ2) is 6.05. The van der Waals surface area contributed by atoms with E-state index < -0.39 is 10.0 Å². The third kappa shape index (κ3) is 4.39. The van der Waals surface area contributed by atoms with Crippen molar-refractivity contribution in [2.75, 3.05) is 16.3 Å². The van der Waals surface area contributed by atoms with Gasteiger partial charge in [0.05, 0.1) is 17.6 Å². The Morgan fingerprint density at radius 3 is 2.33 bits per heavy atom. The van der Waals surface area contributed by atoms with Crippen molar-refractivity contribution < 1.29 is 13.5 Å². The highest BCUT2D eigenvalue weighted by Gasteiger charge is 2.11. The Balaban J connectivity index is 2.23. The van der Waals surface area contributed by atoms with E-state index in [0.29, 0.717) is 11.4 Å². The standard InChI is InChI=1S/C15H18N2O3S/c1-11(12-6-5-7-13(18)10-12)16-14-8-3-4-9-15(14)17-21(2,19)20/h3-11,16-18H,1-2H3. The van der Waals surface area contributed by atoms with Gasteiger partial charge in [-0.15, -0.1) is 0 Å². The van der Waals surface area contributed by atoms with Crippen molar-refractivity contribution in [1.82, 2.24) is 0 Å². The fourth-order valence-electron chi connectivity index (χ4n) is 2.01. The van der Waals surface area contributed by atoms with Crippen molar-refractivity contribution in [2.24, 2.45) is 0 Å². The van der Waals surface area contributed by atoms with E-state index in [9.17, 15) is 13.5 Å². The molecule has 2 aromatic rings. The number of benzene rings is 2. The van der Waals surface area contributed by atoms with Gasteiger partial charge < -0.3 is 10.4 Å². The van der Waals surface area contributed by atoms with Crippen LogP contribution < -0.4 is 10.0 Å². The number of aromatic hydroxyl groups is 1. The smallest absolute Gasteiger partial charge is 0.229 e. The monoisotopic (exact) mass is 306 g/mol. The Hall–Kier alpha value is -2.21. The molecule has 0 aliphatic carbocycles. The van der Waals surface area contributed by atoms with Gasteiger partial charge in [-0.1, -0.05) is 24.3 Å². The van der Waals surface area contributed by atoms with Crippen LogP contribution in [0.4, 0.5) is 11.4 Å². The number of hydrogen-bond donors (Lipinski definition) is 3.